The Kier molecular flexibility index (Phi) is 1.33. The molecule has 0 aliphatic heterocycles. The lowest BCUT2D eigenvalue weighted by molar-refractivity contribution is 0.0688. The van der Waals surface area contributed by atoms with Gasteiger partial charge in [0.15, 0.2) is 0 Å². The van der Waals surface area contributed by atoms with Gasteiger partial charge in [0.1, 0.15) is 5.69 Å². The molecule has 2 aromatic heterocycles. The molecule has 0 spiro atoms. The van der Waals surface area contributed by atoms with Crippen molar-refractivity contribution in [2.45, 2.75) is 0 Å². The molecule has 0 unspecified atom stereocenters. The summed E-state index contributed by atoms with van der Waals surface area (Å²) in [7, 11) is 0. The molecule has 2 rings (SSSR count). The molecule has 0 aromatic carbocycles. The molecule has 4 nitrogen and oxygen atoms in total. The Labute approximate surface area is 68.1 Å². The van der Waals surface area contributed by atoms with Crippen LogP contribution in [-0.4, -0.2) is 20.5 Å². The van der Waals surface area contributed by atoms with Gasteiger partial charge in [-0.05, 0) is 12.1 Å². The number of aromatic nitrogens is 2. The van der Waals surface area contributed by atoms with Gasteiger partial charge in [-0.2, -0.15) is 0 Å². The second-order valence-corrected chi connectivity index (χ2v) is 2.40. The van der Waals surface area contributed by atoms with Crippen LogP contribution in [0.2, 0.25) is 0 Å². The van der Waals surface area contributed by atoms with E-state index in [2.05, 4.69) is 4.98 Å². The molecule has 0 saturated heterocycles. The fourth-order valence-corrected chi connectivity index (χ4v) is 1.12. The maximum absolute atomic E-state index is 10.7. The summed E-state index contributed by atoms with van der Waals surface area (Å²) in [6.07, 6.45) is 4.64. The Bertz CT molecular complexity index is 433. The smallest absolute Gasteiger partial charge is 0.354 e. The monoisotopic (exact) mass is 162 g/mol. The minimum absolute atomic E-state index is 0.178. The van der Waals surface area contributed by atoms with E-state index in [1.54, 1.807) is 28.9 Å². The molecule has 0 amide bonds. The van der Waals surface area contributed by atoms with Gasteiger partial charge in [-0.25, -0.2) is 4.79 Å². The van der Waals surface area contributed by atoms with E-state index >= 15 is 0 Å². The molecule has 2 heterocycles. The molecular weight excluding hydrogens is 156 g/mol. The fourth-order valence-electron chi connectivity index (χ4n) is 1.12. The summed E-state index contributed by atoms with van der Waals surface area (Å²) >= 11 is 0. The van der Waals surface area contributed by atoms with Crippen molar-refractivity contribution in [2.75, 3.05) is 0 Å². The zero-order valence-corrected chi connectivity index (χ0v) is 6.14. The highest BCUT2D eigenvalue weighted by molar-refractivity contribution is 5.86. The highest BCUT2D eigenvalue weighted by Gasteiger charge is 2.06. The lowest BCUT2D eigenvalue weighted by atomic mass is 10.4. The first-order valence-electron chi connectivity index (χ1n) is 3.43. The number of fused-ring (bicyclic) bond motifs is 1. The zero-order chi connectivity index (χ0) is 8.55. The average molecular weight is 162 g/mol. The molecule has 0 radical (unpaired) electrons. The second kappa shape index (κ2) is 2.34. The standard InChI is InChI=1S/C8H6N2O2/c11-8(12)7-5-9-4-6-2-1-3-10(6)7/h1-5H,(H,11,12). The second-order valence-electron chi connectivity index (χ2n) is 2.40. The number of carboxylic acids is 1. The summed E-state index contributed by atoms with van der Waals surface area (Å²) < 4.78 is 1.58. The summed E-state index contributed by atoms with van der Waals surface area (Å²) in [6.45, 7) is 0. The Hall–Kier alpha value is -1.84. The lowest BCUT2D eigenvalue weighted by Gasteiger charge is -1.98. The van der Waals surface area contributed by atoms with Gasteiger partial charge in [0.05, 0.1) is 17.9 Å². The van der Waals surface area contributed by atoms with Gasteiger partial charge in [-0.3, -0.25) is 4.98 Å². The van der Waals surface area contributed by atoms with Gasteiger partial charge in [-0.1, -0.05) is 0 Å². The van der Waals surface area contributed by atoms with Crippen molar-refractivity contribution in [1.29, 1.82) is 0 Å². The minimum Gasteiger partial charge on any atom is -0.477 e. The van der Waals surface area contributed by atoms with Gasteiger partial charge < -0.3 is 9.51 Å². The predicted octanol–water partition coefficient (Wildman–Crippen LogP) is 1.03. The topological polar surface area (TPSA) is 54.6 Å². The van der Waals surface area contributed by atoms with Crippen LogP contribution in [0, 0.1) is 0 Å². The van der Waals surface area contributed by atoms with Crippen LogP contribution >= 0.6 is 0 Å². The van der Waals surface area contributed by atoms with Crippen LogP contribution in [0.3, 0.4) is 0 Å². The molecule has 4 heteroatoms. The lowest BCUT2D eigenvalue weighted by Crippen LogP contribution is -2.04. The molecule has 0 bridgehead atoms. The summed E-state index contributed by atoms with van der Waals surface area (Å²) in [4.78, 5) is 14.5. The van der Waals surface area contributed by atoms with E-state index in [9.17, 15) is 4.79 Å². The SMILES string of the molecule is O=C(O)c1cncc2cccn12. The molecule has 0 saturated carbocycles. The van der Waals surface area contributed by atoms with E-state index in [4.69, 9.17) is 5.11 Å². The van der Waals surface area contributed by atoms with Crippen LogP contribution in [0.5, 0.6) is 0 Å². The van der Waals surface area contributed by atoms with Crippen molar-refractivity contribution in [2.24, 2.45) is 0 Å². The highest BCUT2D eigenvalue weighted by Crippen LogP contribution is 2.05. The van der Waals surface area contributed by atoms with E-state index in [-0.39, 0.29) is 5.69 Å². The quantitative estimate of drug-likeness (QED) is 0.681. The van der Waals surface area contributed by atoms with Crippen molar-refractivity contribution in [1.82, 2.24) is 9.38 Å². The van der Waals surface area contributed by atoms with Gasteiger partial charge in [-0.15, -0.1) is 0 Å². The molecule has 60 valence electrons. The summed E-state index contributed by atoms with van der Waals surface area (Å²) in [5.41, 5.74) is 0.965. The van der Waals surface area contributed by atoms with E-state index in [0.29, 0.717) is 0 Å². The zero-order valence-electron chi connectivity index (χ0n) is 6.14. The maximum atomic E-state index is 10.7. The first-order valence-corrected chi connectivity index (χ1v) is 3.43. The van der Waals surface area contributed by atoms with Crippen LogP contribution in [0.1, 0.15) is 10.5 Å². The Morgan fingerprint density at radius 2 is 2.33 bits per heavy atom. The summed E-state index contributed by atoms with van der Waals surface area (Å²) in [5.74, 6) is -0.968. The number of carbonyl (C=O) groups is 1. The van der Waals surface area contributed by atoms with Gasteiger partial charge in [0.25, 0.3) is 0 Å². The fraction of sp³-hybridized carbons (Fsp3) is 0. The van der Waals surface area contributed by atoms with Crippen LogP contribution < -0.4 is 0 Å². The van der Waals surface area contributed by atoms with Gasteiger partial charge >= 0.3 is 5.97 Å². The van der Waals surface area contributed by atoms with Crippen molar-refractivity contribution in [3.8, 4) is 0 Å². The van der Waals surface area contributed by atoms with Gasteiger partial charge in [0.2, 0.25) is 0 Å². The third-order valence-corrected chi connectivity index (χ3v) is 1.66. The van der Waals surface area contributed by atoms with E-state index in [1.165, 1.54) is 6.20 Å². The molecule has 0 aliphatic carbocycles. The number of aromatic carboxylic acids is 1. The van der Waals surface area contributed by atoms with Crippen molar-refractivity contribution in [3.05, 3.63) is 36.4 Å². The number of carboxylic acid groups (broad SMARTS) is 1. The molecule has 0 atom stereocenters. The first-order chi connectivity index (χ1) is 5.79. The van der Waals surface area contributed by atoms with Crippen LogP contribution in [0.15, 0.2) is 30.7 Å². The summed E-state index contributed by atoms with van der Waals surface area (Å²) in [6, 6.07) is 3.59. The molecule has 0 fully saturated rings. The molecular formula is C8H6N2O2. The van der Waals surface area contributed by atoms with Gasteiger partial charge in [0, 0.05) is 6.20 Å². The number of rotatable bonds is 1. The van der Waals surface area contributed by atoms with E-state index < -0.39 is 5.97 Å². The Balaban J connectivity index is 2.82. The maximum Gasteiger partial charge on any atom is 0.354 e. The molecule has 1 N–H and O–H groups in total. The Morgan fingerprint density at radius 3 is 3.08 bits per heavy atom. The van der Waals surface area contributed by atoms with Crippen molar-refractivity contribution in [3.63, 3.8) is 0 Å². The number of hydrogen-bond acceptors (Lipinski definition) is 2. The van der Waals surface area contributed by atoms with Crippen LogP contribution in [0.25, 0.3) is 5.52 Å². The molecule has 2 aromatic rings. The first kappa shape index (κ1) is 6.84. The molecule has 12 heavy (non-hydrogen) atoms. The average Bonchev–Trinajstić information content (AvgIpc) is 2.49. The van der Waals surface area contributed by atoms with E-state index in [0.717, 1.165) is 5.52 Å². The van der Waals surface area contributed by atoms with Crippen LogP contribution in [-0.2, 0) is 0 Å². The molecule has 0 aliphatic rings. The predicted molar refractivity (Wildman–Crippen MR) is 42.2 cm³/mol. The Morgan fingerprint density at radius 1 is 1.50 bits per heavy atom. The van der Waals surface area contributed by atoms with Crippen molar-refractivity contribution < 1.29 is 9.90 Å². The number of nitrogens with zero attached hydrogens (tertiary/aromatic N) is 2. The highest BCUT2D eigenvalue weighted by atomic mass is 16.4. The minimum atomic E-state index is -0.968. The summed E-state index contributed by atoms with van der Waals surface area (Å²) in [5, 5.41) is 8.74. The van der Waals surface area contributed by atoms with Crippen molar-refractivity contribution >= 4 is 11.5 Å². The third kappa shape index (κ3) is 0.852. The van der Waals surface area contributed by atoms with Crippen LogP contribution in [0.4, 0.5) is 0 Å². The normalized spacial score (nSPS) is 10.3. The third-order valence-electron chi connectivity index (χ3n) is 1.66. The van der Waals surface area contributed by atoms with E-state index in [1.807, 2.05) is 0 Å². The number of hydrogen-bond donors (Lipinski definition) is 1. The largest absolute Gasteiger partial charge is 0.477 e.